The van der Waals surface area contributed by atoms with Crippen LogP contribution in [0.3, 0.4) is 0 Å². The maximum atomic E-state index is 14.1. The molecule has 0 N–H and O–H groups in total. The smallest absolute Gasteiger partial charge is 0.225 e. The van der Waals surface area contributed by atoms with E-state index >= 15 is 0 Å². The molecule has 1 atom stereocenters. The minimum Gasteiger partial charge on any atom is -0.371 e. The fraction of sp³-hybridized carbons (Fsp3) is 0.444. The van der Waals surface area contributed by atoms with Gasteiger partial charge in [0.2, 0.25) is 11.8 Å². The largest absolute Gasteiger partial charge is 0.371 e. The summed E-state index contributed by atoms with van der Waals surface area (Å²) in [5.74, 6) is 0.427. The van der Waals surface area contributed by atoms with Crippen LogP contribution in [0.1, 0.15) is 81.7 Å². The number of rotatable bonds is 7. The molecule has 3 aromatic carbocycles. The van der Waals surface area contributed by atoms with Crippen molar-refractivity contribution in [3.8, 4) is 28.6 Å². The van der Waals surface area contributed by atoms with Crippen molar-refractivity contribution in [1.29, 1.82) is 5.26 Å². The number of carbonyl (C=O) groups is 2. The molecule has 0 unspecified atom stereocenters. The highest BCUT2D eigenvalue weighted by Gasteiger charge is 2.44. The molecule has 13 nitrogen and oxygen atoms in total. The molecule has 0 bridgehead atoms. The third-order valence-corrected chi connectivity index (χ3v) is 16.4. The van der Waals surface area contributed by atoms with Gasteiger partial charge in [-0.15, -0.1) is 0 Å². The van der Waals surface area contributed by atoms with Gasteiger partial charge in [0.15, 0.2) is 0 Å². The standard InChI is InChI=1S/C54H60ClN11O2/c1-36-29-54(35-65(36)45-8-7-40(30-56)49(55)28-45)18-25-62(26-19-54)43-11-9-42(10-12-43)61-20-13-38(14-21-61)53(68)63-22-15-44(16-23-63)66-51-17-24-64(37(2)67)34-48(51)52(59-66)46-6-4-5-39-27-50(57-32-47(39)46)41-31-58-60(3)33-41/h4-12,27-28,31-33,36,38,44H,13-26,29,34-35H2,1-3H3/t36-/m0/s1. The van der Waals surface area contributed by atoms with E-state index in [0.717, 1.165) is 135 Å². The van der Waals surface area contributed by atoms with E-state index in [4.69, 9.17) is 21.7 Å². The zero-order valence-corrected chi connectivity index (χ0v) is 40.2. The topological polar surface area (TPSA) is 123 Å². The van der Waals surface area contributed by atoms with Crippen LogP contribution in [0.25, 0.3) is 33.3 Å². The van der Waals surface area contributed by atoms with Crippen molar-refractivity contribution >= 4 is 51.2 Å². The van der Waals surface area contributed by atoms with Gasteiger partial charge in [-0.2, -0.15) is 15.5 Å². The van der Waals surface area contributed by atoms with Crippen LogP contribution in [0.4, 0.5) is 17.1 Å². The van der Waals surface area contributed by atoms with E-state index in [1.807, 2.05) is 48.7 Å². The lowest BCUT2D eigenvalue weighted by molar-refractivity contribution is -0.137. The lowest BCUT2D eigenvalue weighted by Gasteiger charge is -2.41. The molecule has 11 rings (SSSR count). The zero-order chi connectivity index (χ0) is 46.7. The highest BCUT2D eigenvalue weighted by Crippen LogP contribution is 2.46. The molecule has 5 aliphatic rings. The summed E-state index contributed by atoms with van der Waals surface area (Å²) < 4.78 is 4.04. The van der Waals surface area contributed by atoms with Crippen LogP contribution in [0.15, 0.2) is 85.3 Å². The van der Waals surface area contributed by atoms with Crippen molar-refractivity contribution in [1.82, 2.24) is 34.3 Å². The van der Waals surface area contributed by atoms with Crippen LogP contribution in [0, 0.1) is 22.7 Å². The number of aryl methyl sites for hydroxylation is 1. The number of anilines is 3. The van der Waals surface area contributed by atoms with Crippen molar-refractivity contribution in [2.24, 2.45) is 18.4 Å². The molecule has 350 valence electrons. The molecule has 0 radical (unpaired) electrons. The van der Waals surface area contributed by atoms with Gasteiger partial charge >= 0.3 is 0 Å². The Hall–Kier alpha value is -6.39. The molecule has 4 saturated heterocycles. The number of likely N-dealkylation sites (tertiary alicyclic amines) is 1. The lowest BCUT2D eigenvalue weighted by atomic mass is 9.76. The summed E-state index contributed by atoms with van der Waals surface area (Å²) in [7, 11) is 1.91. The van der Waals surface area contributed by atoms with Crippen LogP contribution in [0.2, 0.25) is 5.02 Å². The lowest BCUT2D eigenvalue weighted by Crippen LogP contribution is -2.46. The predicted octanol–water partition coefficient (Wildman–Crippen LogP) is 8.89. The number of pyridine rings is 1. The van der Waals surface area contributed by atoms with Gasteiger partial charge in [-0.05, 0) is 111 Å². The number of halogens is 1. The van der Waals surface area contributed by atoms with Crippen LogP contribution in [0.5, 0.6) is 0 Å². The number of benzene rings is 3. The number of piperidine rings is 3. The second-order valence-electron chi connectivity index (χ2n) is 20.2. The molecule has 3 aromatic heterocycles. The molecular weight excluding hydrogens is 870 g/mol. The quantitative estimate of drug-likeness (QED) is 0.155. The average Bonchev–Trinajstić information content (AvgIpc) is 4.08. The molecule has 5 aliphatic heterocycles. The van der Waals surface area contributed by atoms with E-state index in [0.29, 0.717) is 41.0 Å². The van der Waals surface area contributed by atoms with Gasteiger partial charge in [-0.1, -0.05) is 29.8 Å². The minimum absolute atomic E-state index is 0.0474. The zero-order valence-electron chi connectivity index (χ0n) is 39.4. The Labute approximate surface area is 403 Å². The summed E-state index contributed by atoms with van der Waals surface area (Å²) in [5, 5.41) is 21.7. The summed E-state index contributed by atoms with van der Waals surface area (Å²) >= 11 is 6.42. The summed E-state index contributed by atoms with van der Waals surface area (Å²) in [6.07, 6.45) is 13.4. The fourth-order valence-corrected chi connectivity index (χ4v) is 12.4. The Bertz CT molecular complexity index is 2910. The first-order chi connectivity index (χ1) is 33.0. The number of aromatic nitrogens is 5. The first-order valence-corrected chi connectivity index (χ1v) is 25.0. The molecule has 1 spiro atoms. The summed E-state index contributed by atoms with van der Waals surface area (Å²) in [4.78, 5) is 43.1. The SMILES string of the molecule is CC(=O)N1CCc2c(c(-c3cccc4cc(-c5cnn(C)c5)ncc34)nn2C2CCN(C(=O)C3CCN(c4ccc(N5CCC6(CC5)C[C@H](C)N(c5ccc(C#N)c(Cl)c5)C6)cc4)CC3)CC2)C1. The van der Waals surface area contributed by atoms with Crippen molar-refractivity contribution in [3.63, 3.8) is 0 Å². The highest BCUT2D eigenvalue weighted by molar-refractivity contribution is 6.32. The molecule has 68 heavy (non-hydrogen) atoms. The molecule has 4 fully saturated rings. The van der Waals surface area contributed by atoms with Crippen molar-refractivity contribution in [3.05, 3.63) is 107 Å². The van der Waals surface area contributed by atoms with Gasteiger partial charge in [-0.3, -0.25) is 23.9 Å². The molecule has 8 heterocycles. The molecule has 0 saturated carbocycles. The average molecular weight is 931 g/mol. The first-order valence-electron chi connectivity index (χ1n) is 24.6. The van der Waals surface area contributed by atoms with Crippen LogP contribution >= 0.6 is 11.6 Å². The normalized spacial score (nSPS) is 20.0. The van der Waals surface area contributed by atoms with Gasteiger partial charge in [0.1, 0.15) is 6.07 Å². The molecule has 0 aliphatic carbocycles. The maximum Gasteiger partial charge on any atom is 0.225 e. The van der Waals surface area contributed by atoms with E-state index in [1.165, 1.54) is 23.5 Å². The van der Waals surface area contributed by atoms with E-state index < -0.39 is 0 Å². The van der Waals surface area contributed by atoms with E-state index in [9.17, 15) is 14.9 Å². The van der Waals surface area contributed by atoms with Crippen molar-refractivity contribution in [2.75, 3.05) is 67.1 Å². The second kappa shape index (κ2) is 17.9. The Morgan fingerprint density at radius 1 is 0.838 bits per heavy atom. The Kier molecular flexibility index (Phi) is 11.6. The maximum absolute atomic E-state index is 14.1. The van der Waals surface area contributed by atoms with Crippen LogP contribution in [-0.4, -0.2) is 105 Å². The second-order valence-corrected chi connectivity index (χ2v) is 20.6. The van der Waals surface area contributed by atoms with Gasteiger partial charge in [0.05, 0.1) is 34.2 Å². The van der Waals surface area contributed by atoms with E-state index in [2.05, 4.69) is 90.9 Å². The van der Waals surface area contributed by atoms with Crippen molar-refractivity contribution < 1.29 is 9.59 Å². The van der Waals surface area contributed by atoms with Crippen LogP contribution < -0.4 is 14.7 Å². The highest BCUT2D eigenvalue weighted by atomic mass is 35.5. The Morgan fingerprint density at radius 3 is 2.24 bits per heavy atom. The molecule has 6 aromatic rings. The van der Waals surface area contributed by atoms with Crippen molar-refractivity contribution in [2.45, 2.75) is 83.8 Å². The first kappa shape index (κ1) is 44.1. The number of fused-ring (bicyclic) bond motifs is 2. The fourth-order valence-electron chi connectivity index (χ4n) is 12.2. The number of nitriles is 1. The van der Waals surface area contributed by atoms with Gasteiger partial charge < -0.3 is 24.5 Å². The van der Waals surface area contributed by atoms with Gasteiger partial charge in [0, 0.05) is 148 Å². The van der Waals surface area contributed by atoms with Gasteiger partial charge in [-0.25, -0.2) is 0 Å². The third-order valence-electron chi connectivity index (χ3n) is 16.1. The number of hydrogen-bond acceptors (Lipinski definition) is 9. The summed E-state index contributed by atoms with van der Waals surface area (Å²) in [6.45, 7) is 11.5. The summed E-state index contributed by atoms with van der Waals surface area (Å²) in [6, 6.07) is 26.2. The van der Waals surface area contributed by atoms with E-state index in [1.54, 1.807) is 11.6 Å². The van der Waals surface area contributed by atoms with Crippen LogP contribution in [-0.2, 0) is 29.6 Å². The monoisotopic (exact) mass is 929 g/mol. The third kappa shape index (κ3) is 8.24. The number of carbonyl (C=O) groups excluding carboxylic acids is 2. The Balaban J connectivity index is 0.698. The minimum atomic E-state index is 0.0474. The summed E-state index contributed by atoms with van der Waals surface area (Å²) in [5.41, 5.74) is 10.6. The Morgan fingerprint density at radius 2 is 1.56 bits per heavy atom. The molecular formula is C54H60ClN11O2. The molecule has 2 amide bonds. The van der Waals surface area contributed by atoms with E-state index in [-0.39, 0.29) is 17.9 Å². The number of hydrogen-bond donors (Lipinski definition) is 0. The van der Waals surface area contributed by atoms with Gasteiger partial charge in [0.25, 0.3) is 0 Å². The number of amides is 2. The molecule has 14 heteroatoms. The number of nitrogens with zero attached hydrogens (tertiary/aromatic N) is 11. The predicted molar refractivity (Wildman–Crippen MR) is 268 cm³/mol.